The van der Waals surface area contributed by atoms with Gasteiger partial charge in [0.2, 0.25) is 0 Å². The van der Waals surface area contributed by atoms with Crippen LogP contribution < -0.4 is 5.56 Å². The Labute approximate surface area is 148 Å². The highest BCUT2D eigenvalue weighted by Gasteiger charge is 2.12. The van der Waals surface area contributed by atoms with Crippen LogP contribution in [0.4, 0.5) is 0 Å². The first kappa shape index (κ1) is 17.0. The standard InChI is InChI=1S/C16H17ClN4O2S/c1-10(2)23-6-7-24-16-19-14-13(15(22)20-16)9-18-21(14)12-5-3-4-11(17)8-12/h3-5,8-10H,6-7H2,1-2H3,(H,19,20,22). The number of fused-ring (bicyclic) bond motifs is 1. The number of ether oxygens (including phenoxy) is 1. The Morgan fingerprint density at radius 2 is 2.25 bits per heavy atom. The lowest BCUT2D eigenvalue weighted by Gasteiger charge is -2.07. The summed E-state index contributed by atoms with van der Waals surface area (Å²) in [7, 11) is 0. The topological polar surface area (TPSA) is 72.8 Å². The maximum Gasteiger partial charge on any atom is 0.262 e. The van der Waals surface area contributed by atoms with E-state index in [2.05, 4.69) is 15.1 Å². The molecule has 0 saturated carbocycles. The minimum absolute atomic E-state index is 0.185. The van der Waals surface area contributed by atoms with Gasteiger partial charge in [0.25, 0.3) is 5.56 Å². The van der Waals surface area contributed by atoms with Crippen LogP contribution >= 0.6 is 23.4 Å². The highest BCUT2D eigenvalue weighted by atomic mass is 35.5. The first-order chi connectivity index (χ1) is 11.5. The number of aromatic amines is 1. The maximum atomic E-state index is 12.2. The van der Waals surface area contributed by atoms with E-state index in [9.17, 15) is 4.79 Å². The van der Waals surface area contributed by atoms with Crippen LogP contribution in [-0.2, 0) is 4.74 Å². The zero-order valence-corrected chi connectivity index (χ0v) is 14.9. The third-order valence-electron chi connectivity index (χ3n) is 3.24. The summed E-state index contributed by atoms with van der Waals surface area (Å²) in [6.07, 6.45) is 1.70. The fraction of sp³-hybridized carbons (Fsp3) is 0.312. The van der Waals surface area contributed by atoms with Crippen molar-refractivity contribution in [2.75, 3.05) is 12.4 Å². The Morgan fingerprint density at radius 3 is 3.00 bits per heavy atom. The van der Waals surface area contributed by atoms with Gasteiger partial charge in [0.1, 0.15) is 5.39 Å². The maximum absolute atomic E-state index is 12.2. The average molecular weight is 365 g/mol. The molecule has 0 aliphatic rings. The minimum atomic E-state index is -0.208. The van der Waals surface area contributed by atoms with Gasteiger partial charge in [-0.1, -0.05) is 29.4 Å². The monoisotopic (exact) mass is 364 g/mol. The molecule has 0 unspecified atom stereocenters. The summed E-state index contributed by atoms with van der Waals surface area (Å²) in [6, 6.07) is 7.26. The van der Waals surface area contributed by atoms with E-state index in [1.165, 1.54) is 18.0 Å². The van der Waals surface area contributed by atoms with Crippen molar-refractivity contribution in [1.29, 1.82) is 0 Å². The van der Waals surface area contributed by atoms with Crippen molar-refractivity contribution in [2.45, 2.75) is 25.1 Å². The summed E-state index contributed by atoms with van der Waals surface area (Å²) in [5.74, 6) is 0.706. The molecule has 2 heterocycles. The first-order valence-electron chi connectivity index (χ1n) is 7.53. The van der Waals surface area contributed by atoms with Crippen LogP contribution in [0.15, 0.2) is 40.4 Å². The highest BCUT2D eigenvalue weighted by molar-refractivity contribution is 7.99. The first-order valence-corrected chi connectivity index (χ1v) is 8.89. The number of hydrogen-bond donors (Lipinski definition) is 1. The van der Waals surface area contributed by atoms with Crippen molar-refractivity contribution in [3.05, 3.63) is 45.8 Å². The normalized spacial score (nSPS) is 11.5. The Morgan fingerprint density at radius 1 is 1.42 bits per heavy atom. The van der Waals surface area contributed by atoms with Gasteiger partial charge >= 0.3 is 0 Å². The van der Waals surface area contributed by atoms with Crippen LogP contribution in [0.5, 0.6) is 0 Å². The van der Waals surface area contributed by atoms with E-state index in [-0.39, 0.29) is 11.7 Å². The summed E-state index contributed by atoms with van der Waals surface area (Å²) < 4.78 is 7.12. The van der Waals surface area contributed by atoms with E-state index in [4.69, 9.17) is 16.3 Å². The van der Waals surface area contributed by atoms with E-state index in [1.54, 1.807) is 16.8 Å². The molecule has 2 aromatic heterocycles. The van der Waals surface area contributed by atoms with Gasteiger partial charge in [0.15, 0.2) is 10.8 Å². The van der Waals surface area contributed by atoms with Gasteiger partial charge in [0, 0.05) is 10.8 Å². The fourth-order valence-corrected chi connectivity index (χ4v) is 3.06. The molecule has 0 amide bonds. The van der Waals surface area contributed by atoms with Gasteiger partial charge in [-0.05, 0) is 32.0 Å². The predicted octanol–water partition coefficient (Wildman–Crippen LogP) is 3.28. The second-order valence-electron chi connectivity index (χ2n) is 5.41. The van der Waals surface area contributed by atoms with Crippen LogP contribution in [-0.4, -0.2) is 38.2 Å². The average Bonchev–Trinajstić information content (AvgIpc) is 2.96. The van der Waals surface area contributed by atoms with E-state index < -0.39 is 0 Å². The summed E-state index contributed by atoms with van der Waals surface area (Å²) in [4.78, 5) is 19.5. The zero-order chi connectivity index (χ0) is 17.1. The summed E-state index contributed by atoms with van der Waals surface area (Å²) in [5, 5.41) is 5.86. The molecular formula is C16H17ClN4O2S. The van der Waals surface area contributed by atoms with E-state index >= 15 is 0 Å². The third-order valence-corrected chi connectivity index (χ3v) is 4.32. The molecule has 0 fully saturated rings. The molecule has 0 aliphatic heterocycles. The fourth-order valence-electron chi connectivity index (χ4n) is 2.19. The van der Waals surface area contributed by atoms with Gasteiger partial charge in [-0.2, -0.15) is 5.10 Å². The molecule has 126 valence electrons. The van der Waals surface area contributed by atoms with Crippen LogP contribution in [0.2, 0.25) is 5.02 Å². The molecule has 8 heteroatoms. The van der Waals surface area contributed by atoms with E-state index in [1.807, 2.05) is 26.0 Å². The number of nitrogens with zero attached hydrogens (tertiary/aromatic N) is 3. The molecule has 0 spiro atoms. The van der Waals surface area contributed by atoms with Gasteiger partial charge < -0.3 is 9.72 Å². The number of hydrogen-bond acceptors (Lipinski definition) is 5. The van der Waals surface area contributed by atoms with Gasteiger partial charge in [-0.15, -0.1) is 0 Å². The van der Waals surface area contributed by atoms with Crippen molar-refractivity contribution < 1.29 is 4.74 Å². The van der Waals surface area contributed by atoms with Crippen LogP contribution in [0.25, 0.3) is 16.7 Å². The van der Waals surface area contributed by atoms with Crippen LogP contribution in [0.3, 0.4) is 0 Å². The molecule has 3 aromatic rings. The quantitative estimate of drug-likeness (QED) is 0.413. The molecule has 3 rings (SSSR count). The van der Waals surface area contributed by atoms with E-state index in [0.717, 1.165) is 5.69 Å². The number of benzene rings is 1. The smallest absolute Gasteiger partial charge is 0.262 e. The van der Waals surface area contributed by atoms with Crippen molar-refractivity contribution in [3.8, 4) is 5.69 Å². The van der Waals surface area contributed by atoms with E-state index in [0.29, 0.717) is 33.6 Å². The molecule has 1 aromatic carbocycles. The predicted molar refractivity (Wildman–Crippen MR) is 96.3 cm³/mol. The Balaban J connectivity index is 1.91. The molecule has 1 N–H and O–H groups in total. The third kappa shape index (κ3) is 3.80. The summed E-state index contributed by atoms with van der Waals surface area (Å²) >= 11 is 7.48. The molecular weight excluding hydrogens is 348 g/mol. The number of halogens is 1. The zero-order valence-electron chi connectivity index (χ0n) is 13.3. The van der Waals surface area contributed by atoms with Gasteiger partial charge in [-0.25, -0.2) is 9.67 Å². The Bertz CT molecular complexity index is 906. The van der Waals surface area contributed by atoms with Crippen LogP contribution in [0.1, 0.15) is 13.8 Å². The molecule has 0 aliphatic carbocycles. The molecule has 6 nitrogen and oxygen atoms in total. The Kier molecular flexibility index (Phi) is 5.23. The SMILES string of the molecule is CC(C)OCCSc1nc2c(cnn2-c2cccc(Cl)c2)c(=O)[nH]1. The molecule has 24 heavy (non-hydrogen) atoms. The van der Waals surface area contributed by atoms with Crippen molar-refractivity contribution in [3.63, 3.8) is 0 Å². The largest absolute Gasteiger partial charge is 0.378 e. The molecule has 0 radical (unpaired) electrons. The lowest BCUT2D eigenvalue weighted by atomic mass is 10.3. The molecule has 0 saturated heterocycles. The van der Waals surface area contributed by atoms with Crippen molar-refractivity contribution >= 4 is 34.4 Å². The van der Waals surface area contributed by atoms with Gasteiger partial charge in [0.05, 0.1) is 24.6 Å². The van der Waals surface area contributed by atoms with Crippen molar-refractivity contribution in [1.82, 2.24) is 19.7 Å². The van der Waals surface area contributed by atoms with Gasteiger partial charge in [-0.3, -0.25) is 4.79 Å². The number of aromatic nitrogens is 4. The van der Waals surface area contributed by atoms with Crippen LogP contribution in [0, 0.1) is 0 Å². The second kappa shape index (κ2) is 7.38. The lowest BCUT2D eigenvalue weighted by Crippen LogP contribution is -2.11. The Hall–Kier alpha value is -1.83. The van der Waals surface area contributed by atoms with Crippen molar-refractivity contribution in [2.24, 2.45) is 0 Å². The second-order valence-corrected chi connectivity index (χ2v) is 6.93. The summed E-state index contributed by atoms with van der Waals surface area (Å²) in [5.41, 5.74) is 1.06. The lowest BCUT2D eigenvalue weighted by molar-refractivity contribution is 0.0920. The molecule has 0 atom stereocenters. The number of H-pyrrole nitrogens is 1. The molecule has 0 bridgehead atoms. The number of thioether (sulfide) groups is 1. The minimum Gasteiger partial charge on any atom is -0.378 e. The highest BCUT2D eigenvalue weighted by Crippen LogP contribution is 2.19. The number of nitrogens with one attached hydrogen (secondary N) is 1. The summed E-state index contributed by atoms with van der Waals surface area (Å²) in [6.45, 7) is 4.57. The number of rotatable bonds is 6.